The molecule has 0 amide bonds. The molecule has 1 aromatic rings. The normalized spacial score (nSPS) is 25.2. The Bertz CT molecular complexity index is 621. The molecule has 2 fully saturated rings. The fourth-order valence-corrected chi connectivity index (χ4v) is 4.51. The van der Waals surface area contributed by atoms with Gasteiger partial charge in [-0.3, -0.25) is 0 Å². The molecule has 2 aliphatic rings. The van der Waals surface area contributed by atoms with Crippen molar-refractivity contribution in [2.75, 3.05) is 25.6 Å². The fourth-order valence-electron chi connectivity index (χ4n) is 3.19. The first kappa shape index (κ1) is 15.7. The summed E-state index contributed by atoms with van der Waals surface area (Å²) in [6.45, 7) is 1.92. The van der Waals surface area contributed by atoms with Crippen molar-refractivity contribution in [2.24, 2.45) is 0 Å². The molecule has 6 nitrogen and oxygen atoms in total. The molecule has 3 N–H and O–H groups in total. The Balaban J connectivity index is 1.72. The topological polar surface area (TPSA) is 90.7 Å². The van der Waals surface area contributed by atoms with E-state index in [2.05, 4.69) is 4.72 Å². The Morgan fingerprint density at radius 1 is 1.23 bits per heavy atom. The molecule has 22 heavy (non-hydrogen) atoms. The van der Waals surface area contributed by atoms with Crippen LogP contribution in [0.4, 0.5) is 5.69 Å². The molecule has 1 spiro atoms. The molecule has 0 aromatic heterocycles. The monoisotopic (exact) mass is 326 g/mol. The van der Waals surface area contributed by atoms with Crippen LogP contribution >= 0.6 is 0 Å². The highest BCUT2D eigenvalue weighted by molar-refractivity contribution is 7.89. The van der Waals surface area contributed by atoms with Gasteiger partial charge in [0.05, 0.1) is 10.5 Å². The third-order valence-corrected chi connectivity index (χ3v) is 5.91. The number of anilines is 1. The summed E-state index contributed by atoms with van der Waals surface area (Å²) < 4.78 is 39.1. The van der Waals surface area contributed by atoms with E-state index in [1.807, 2.05) is 0 Å². The molecule has 122 valence electrons. The van der Waals surface area contributed by atoms with E-state index in [1.54, 1.807) is 18.2 Å². The second-order valence-electron chi connectivity index (χ2n) is 6.03. The predicted molar refractivity (Wildman–Crippen MR) is 82.9 cm³/mol. The Morgan fingerprint density at radius 3 is 2.73 bits per heavy atom. The van der Waals surface area contributed by atoms with Crippen LogP contribution in [0.3, 0.4) is 0 Å². The maximum absolute atomic E-state index is 12.5. The number of nitrogens with two attached hydrogens (primary N) is 1. The summed E-state index contributed by atoms with van der Waals surface area (Å²) in [4.78, 5) is 0.208. The zero-order valence-corrected chi connectivity index (χ0v) is 13.3. The maximum atomic E-state index is 12.5. The van der Waals surface area contributed by atoms with Gasteiger partial charge in [-0.1, -0.05) is 6.07 Å². The molecule has 0 aliphatic carbocycles. The molecule has 2 saturated heterocycles. The van der Waals surface area contributed by atoms with Crippen molar-refractivity contribution < 1.29 is 17.9 Å². The van der Waals surface area contributed by atoms with Crippen LogP contribution in [0.1, 0.15) is 25.7 Å². The third kappa shape index (κ3) is 3.43. The quantitative estimate of drug-likeness (QED) is 0.817. The minimum Gasteiger partial charge on any atom is -0.399 e. The Morgan fingerprint density at radius 2 is 2.00 bits per heavy atom. The number of hydrogen-bond donors (Lipinski definition) is 2. The molecule has 0 bridgehead atoms. The second kappa shape index (κ2) is 6.16. The van der Waals surface area contributed by atoms with Crippen LogP contribution in [0.25, 0.3) is 0 Å². The maximum Gasteiger partial charge on any atom is 0.240 e. The zero-order valence-electron chi connectivity index (χ0n) is 12.5. The van der Waals surface area contributed by atoms with E-state index in [0.29, 0.717) is 38.3 Å². The molecule has 1 unspecified atom stereocenters. The minimum atomic E-state index is -3.55. The molecule has 2 heterocycles. The molecule has 1 aromatic carbocycles. The standard InChI is InChI=1S/C15H22N2O4S/c16-12-2-1-3-14(10-12)22(18,19)17-13-4-7-21-15(11-13)5-8-20-9-6-15/h1-3,10,13,17H,4-9,11,16H2. The summed E-state index contributed by atoms with van der Waals surface area (Å²) in [5.74, 6) is 0. The molecule has 3 rings (SSSR count). The van der Waals surface area contributed by atoms with Crippen molar-refractivity contribution in [2.45, 2.75) is 42.2 Å². The van der Waals surface area contributed by atoms with E-state index < -0.39 is 10.0 Å². The first-order valence-electron chi connectivity index (χ1n) is 7.59. The van der Waals surface area contributed by atoms with Crippen LogP contribution in [0.2, 0.25) is 0 Å². The minimum absolute atomic E-state index is 0.113. The van der Waals surface area contributed by atoms with Crippen LogP contribution in [0.5, 0.6) is 0 Å². The van der Waals surface area contributed by atoms with E-state index in [4.69, 9.17) is 15.2 Å². The number of hydrogen-bond acceptors (Lipinski definition) is 5. The lowest BCUT2D eigenvalue weighted by Crippen LogP contribution is -2.50. The van der Waals surface area contributed by atoms with Gasteiger partial charge < -0.3 is 15.2 Å². The summed E-state index contributed by atoms with van der Waals surface area (Å²) in [6.07, 6.45) is 3.02. The Labute approximate surface area is 131 Å². The van der Waals surface area contributed by atoms with E-state index in [-0.39, 0.29) is 16.5 Å². The first-order chi connectivity index (χ1) is 10.5. The van der Waals surface area contributed by atoms with Gasteiger partial charge in [-0.2, -0.15) is 0 Å². The number of benzene rings is 1. The Hall–Kier alpha value is -1.15. The summed E-state index contributed by atoms with van der Waals surface area (Å²) >= 11 is 0. The van der Waals surface area contributed by atoms with Crippen molar-refractivity contribution in [1.82, 2.24) is 4.72 Å². The van der Waals surface area contributed by atoms with Crippen molar-refractivity contribution >= 4 is 15.7 Å². The Kier molecular flexibility index (Phi) is 4.40. The third-order valence-electron chi connectivity index (χ3n) is 4.39. The molecule has 0 radical (unpaired) electrons. The van der Waals surface area contributed by atoms with Gasteiger partial charge in [0.1, 0.15) is 0 Å². The van der Waals surface area contributed by atoms with Gasteiger partial charge in [-0.15, -0.1) is 0 Å². The van der Waals surface area contributed by atoms with Gasteiger partial charge in [-0.05, 0) is 43.9 Å². The average molecular weight is 326 g/mol. The van der Waals surface area contributed by atoms with Crippen molar-refractivity contribution in [3.8, 4) is 0 Å². The summed E-state index contributed by atoms with van der Waals surface area (Å²) in [6, 6.07) is 6.24. The van der Waals surface area contributed by atoms with Gasteiger partial charge in [0.25, 0.3) is 0 Å². The number of rotatable bonds is 3. The number of nitrogen functional groups attached to an aromatic ring is 1. The van der Waals surface area contributed by atoms with Crippen LogP contribution < -0.4 is 10.5 Å². The molecule has 0 saturated carbocycles. The number of sulfonamides is 1. The number of ether oxygens (including phenoxy) is 2. The molecule has 7 heteroatoms. The molecular weight excluding hydrogens is 304 g/mol. The summed E-state index contributed by atoms with van der Waals surface area (Å²) in [5.41, 5.74) is 5.88. The van der Waals surface area contributed by atoms with Gasteiger partial charge in [-0.25, -0.2) is 13.1 Å². The van der Waals surface area contributed by atoms with Gasteiger partial charge in [0.15, 0.2) is 0 Å². The first-order valence-corrected chi connectivity index (χ1v) is 9.07. The smallest absolute Gasteiger partial charge is 0.240 e. The lowest BCUT2D eigenvalue weighted by molar-refractivity contribution is -0.138. The van der Waals surface area contributed by atoms with E-state index in [9.17, 15) is 8.42 Å². The molecule has 2 aliphatic heterocycles. The lowest BCUT2D eigenvalue weighted by atomic mass is 9.84. The zero-order chi connectivity index (χ0) is 15.6. The highest BCUT2D eigenvalue weighted by Crippen LogP contribution is 2.34. The van der Waals surface area contributed by atoms with E-state index in [0.717, 1.165) is 12.8 Å². The summed E-state index contributed by atoms with van der Waals surface area (Å²) in [7, 11) is -3.55. The second-order valence-corrected chi connectivity index (χ2v) is 7.74. The van der Waals surface area contributed by atoms with Crippen molar-refractivity contribution in [3.05, 3.63) is 24.3 Å². The van der Waals surface area contributed by atoms with Crippen molar-refractivity contribution in [3.63, 3.8) is 0 Å². The van der Waals surface area contributed by atoms with Crippen LogP contribution in [-0.2, 0) is 19.5 Å². The fraction of sp³-hybridized carbons (Fsp3) is 0.600. The van der Waals surface area contributed by atoms with Gasteiger partial charge in [0, 0.05) is 31.5 Å². The molecular formula is C15H22N2O4S. The van der Waals surface area contributed by atoms with Crippen LogP contribution in [0.15, 0.2) is 29.2 Å². The van der Waals surface area contributed by atoms with Gasteiger partial charge >= 0.3 is 0 Å². The SMILES string of the molecule is Nc1cccc(S(=O)(=O)NC2CCOC3(CCOCC3)C2)c1. The average Bonchev–Trinajstić information content (AvgIpc) is 2.47. The summed E-state index contributed by atoms with van der Waals surface area (Å²) in [5, 5.41) is 0. The highest BCUT2D eigenvalue weighted by Gasteiger charge is 2.40. The van der Waals surface area contributed by atoms with E-state index >= 15 is 0 Å². The lowest BCUT2D eigenvalue weighted by Gasteiger charge is -2.43. The van der Waals surface area contributed by atoms with Gasteiger partial charge in [0.2, 0.25) is 10.0 Å². The largest absolute Gasteiger partial charge is 0.399 e. The predicted octanol–water partition coefficient (Wildman–Crippen LogP) is 1.28. The molecule has 1 atom stereocenters. The van der Waals surface area contributed by atoms with Crippen molar-refractivity contribution in [1.29, 1.82) is 0 Å². The van der Waals surface area contributed by atoms with E-state index in [1.165, 1.54) is 6.07 Å². The van der Waals surface area contributed by atoms with Crippen LogP contribution in [0, 0.1) is 0 Å². The highest BCUT2D eigenvalue weighted by atomic mass is 32.2. The van der Waals surface area contributed by atoms with Crippen LogP contribution in [-0.4, -0.2) is 39.9 Å². The number of nitrogens with one attached hydrogen (secondary N) is 1.